The molecule has 2 aliphatic rings. The first-order valence-corrected chi connectivity index (χ1v) is 12.5. The van der Waals surface area contributed by atoms with Gasteiger partial charge in [-0.1, -0.05) is 11.6 Å². The summed E-state index contributed by atoms with van der Waals surface area (Å²) >= 11 is 6.35. The minimum absolute atomic E-state index is 0.0166. The van der Waals surface area contributed by atoms with Crippen LogP contribution in [0, 0.1) is 6.92 Å². The highest BCUT2D eigenvalue weighted by Gasteiger charge is 2.39. The number of piperidine rings is 1. The standard InChI is InChI=1S/C24H25ClF3N7O3/c1-12-6-15(21(36)33-31-12)13-2-4-34(5-3-13)23(38)30-19-8-14-7-18(25)20-16(9-29-32-20)17(14)10-35(22(19)37)11-24(26,27)28/h6-7,9,13,19H,2-5,8,10-11H2,1H3,(H,29,32)(H,30,38)(H,33,36)/t19-/m1/s1. The van der Waals surface area contributed by atoms with Crippen LogP contribution in [0.15, 0.2) is 23.1 Å². The Kier molecular flexibility index (Phi) is 6.80. The molecule has 0 spiro atoms. The quantitative estimate of drug-likeness (QED) is 0.461. The van der Waals surface area contributed by atoms with Gasteiger partial charge < -0.3 is 15.1 Å². The van der Waals surface area contributed by atoms with Gasteiger partial charge in [-0.3, -0.25) is 14.7 Å². The van der Waals surface area contributed by atoms with Crippen molar-refractivity contribution in [3.63, 3.8) is 0 Å². The lowest BCUT2D eigenvalue weighted by molar-refractivity contribution is -0.163. The topological polar surface area (TPSA) is 127 Å². The highest BCUT2D eigenvalue weighted by atomic mass is 35.5. The second-order valence-electron chi connectivity index (χ2n) is 9.73. The number of aromatic nitrogens is 4. The van der Waals surface area contributed by atoms with E-state index in [1.807, 2.05) is 0 Å². The summed E-state index contributed by atoms with van der Waals surface area (Å²) in [5.74, 6) is -0.883. The van der Waals surface area contributed by atoms with E-state index in [0.29, 0.717) is 69.1 Å². The maximum atomic E-state index is 13.4. The molecule has 3 aromatic rings. The van der Waals surface area contributed by atoms with E-state index in [4.69, 9.17) is 11.6 Å². The fourth-order valence-corrected chi connectivity index (χ4v) is 5.55. The van der Waals surface area contributed by atoms with Crippen molar-refractivity contribution in [2.75, 3.05) is 19.6 Å². The zero-order chi connectivity index (χ0) is 27.2. The zero-order valence-electron chi connectivity index (χ0n) is 20.4. The Morgan fingerprint density at radius 3 is 2.66 bits per heavy atom. The Balaban J connectivity index is 1.35. The molecule has 0 bridgehead atoms. The molecule has 1 fully saturated rings. The van der Waals surface area contributed by atoms with Crippen LogP contribution in [-0.4, -0.2) is 74.0 Å². The highest BCUT2D eigenvalue weighted by Crippen LogP contribution is 2.33. The number of H-pyrrole nitrogens is 2. The maximum absolute atomic E-state index is 13.4. The average Bonchev–Trinajstić information content (AvgIpc) is 3.32. The zero-order valence-corrected chi connectivity index (χ0v) is 21.1. The number of fused-ring (bicyclic) bond motifs is 3. The van der Waals surface area contributed by atoms with E-state index in [0.717, 1.165) is 0 Å². The predicted octanol–water partition coefficient (Wildman–Crippen LogP) is 3.01. The van der Waals surface area contributed by atoms with Crippen LogP contribution in [-0.2, 0) is 17.8 Å². The number of carbonyl (C=O) groups excluding carboxylic acids is 2. The van der Waals surface area contributed by atoms with Crippen LogP contribution in [0.25, 0.3) is 10.9 Å². The minimum atomic E-state index is -4.62. The molecule has 5 rings (SSSR count). The van der Waals surface area contributed by atoms with Gasteiger partial charge in [0.15, 0.2) is 0 Å². The summed E-state index contributed by atoms with van der Waals surface area (Å²) in [7, 11) is 0. The highest BCUT2D eigenvalue weighted by molar-refractivity contribution is 6.35. The molecule has 0 radical (unpaired) electrons. The molecule has 2 aliphatic heterocycles. The van der Waals surface area contributed by atoms with E-state index >= 15 is 0 Å². The van der Waals surface area contributed by atoms with Gasteiger partial charge in [-0.25, -0.2) is 9.89 Å². The molecule has 0 saturated carbocycles. The summed E-state index contributed by atoms with van der Waals surface area (Å²) in [6, 6.07) is 1.57. The molecule has 1 aromatic carbocycles. The minimum Gasteiger partial charge on any atom is -0.327 e. The van der Waals surface area contributed by atoms with Crippen molar-refractivity contribution in [3.05, 3.63) is 56.1 Å². The predicted molar refractivity (Wildman–Crippen MR) is 132 cm³/mol. The molecule has 1 atom stereocenters. The summed E-state index contributed by atoms with van der Waals surface area (Å²) < 4.78 is 40.2. The molecule has 202 valence electrons. The van der Waals surface area contributed by atoms with Crippen molar-refractivity contribution in [1.29, 1.82) is 0 Å². The van der Waals surface area contributed by atoms with Crippen LogP contribution in [0.5, 0.6) is 0 Å². The number of hydrogen-bond donors (Lipinski definition) is 3. The van der Waals surface area contributed by atoms with Crippen LogP contribution >= 0.6 is 11.6 Å². The average molecular weight is 552 g/mol. The van der Waals surface area contributed by atoms with Gasteiger partial charge in [0.25, 0.3) is 5.56 Å². The van der Waals surface area contributed by atoms with Gasteiger partial charge in [0.05, 0.1) is 22.4 Å². The Labute approximate surface area is 219 Å². The molecule has 10 nitrogen and oxygen atoms in total. The lowest BCUT2D eigenvalue weighted by Crippen LogP contribution is -2.54. The molecule has 1 saturated heterocycles. The van der Waals surface area contributed by atoms with Gasteiger partial charge in [0, 0.05) is 37.0 Å². The normalized spacial score (nSPS) is 19.0. The first-order chi connectivity index (χ1) is 18.0. The smallest absolute Gasteiger partial charge is 0.327 e. The van der Waals surface area contributed by atoms with Crippen molar-refractivity contribution >= 4 is 34.4 Å². The number of urea groups is 1. The number of hydrogen-bond acceptors (Lipinski definition) is 5. The third-order valence-electron chi connectivity index (χ3n) is 7.12. The van der Waals surface area contributed by atoms with E-state index < -0.39 is 30.7 Å². The summed E-state index contributed by atoms with van der Waals surface area (Å²) in [4.78, 5) is 40.8. The molecule has 38 heavy (non-hydrogen) atoms. The van der Waals surface area contributed by atoms with Crippen LogP contribution in [0.4, 0.5) is 18.0 Å². The largest absolute Gasteiger partial charge is 0.406 e. The number of alkyl halides is 3. The second-order valence-corrected chi connectivity index (χ2v) is 10.1. The van der Waals surface area contributed by atoms with E-state index in [1.54, 1.807) is 19.1 Å². The fourth-order valence-electron chi connectivity index (χ4n) is 5.27. The number of aryl methyl sites for hydroxylation is 1. The van der Waals surface area contributed by atoms with Gasteiger partial charge >= 0.3 is 12.2 Å². The van der Waals surface area contributed by atoms with Gasteiger partial charge in [-0.2, -0.15) is 23.4 Å². The number of nitrogens with zero attached hydrogens (tertiary/aromatic N) is 4. The molecule has 2 aromatic heterocycles. The summed E-state index contributed by atoms with van der Waals surface area (Å²) in [5, 5.41) is 16.5. The first kappa shape index (κ1) is 26.0. The van der Waals surface area contributed by atoms with Crippen molar-refractivity contribution < 1.29 is 22.8 Å². The van der Waals surface area contributed by atoms with E-state index in [2.05, 4.69) is 25.7 Å². The van der Waals surface area contributed by atoms with Gasteiger partial charge in [0.2, 0.25) is 5.91 Å². The maximum Gasteiger partial charge on any atom is 0.406 e. The summed E-state index contributed by atoms with van der Waals surface area (Å²) in [5.41, 5.74) is 2.57. The Morgan fingerprint density at radius 2 is 1.95 bits per heavy atom. The molecule has 14 heteroatoms. The first-order valence-electron chi connectivity index (χ1n) is 12.1. The molecule has 4 heterocycles. The van der Waals surface area contributed by atoms with Crippen LogP contribution in [0.1, 0.15) is 41.1 Å². The van der Waals surface area contributed by atoms with Crippen molar-refractivity contribution in [3.8, 4) is 0 Å². The molecular weight excluding hydrogens is 527 g/mol. The number of likely N-dealkylation sites (tertiary alicyclic amines) is 1. The van der Waals surface area contributed by atoms with Crippen LogP contribution < -0.4 is 10.9 Å². The number of halogens is 4. The lowest BCUT2D eigenvalue weighted by atomic mass is 9.90. The number of aromatic amines is 2. The summed E-state index contributed by atoms with van der Waals surface area (Å²) in [6.07, 6.45) is -2.13. The lowest BCUT2D eigenvalue weighted by Gasteiger charge is -2.33. The van der Waals surface area contributed by atoms with E-state index in [-0.39, 0.29) is 24.4 Å². The monoisotopic (exact) mass is 551 g/mol. The van der Waals surface area contributed by atoms with Crippen molar-refractivity contribution in [1.82, 2.24) is 35.5 Å². The van der Waals surface area contributed by atoms with E-state index in [1.165, 1.54) is 11.1 Å². The molecular formula is C24H25ClF3N7O3. The number of amides is 3. The molecule has 3 amide bonds. The number of rotatable bonds is 3. The third kappa shape index (κ3) is 5.19. The van der Waals surface area contributed by atoms with Crippen LogP contribution in [0.3, 0.4) is 0 Å². The third-order valence-corrected chi connectivity index (χ3v) is 7.42. The molecule has 3 N–H and O–H groups in total. The van der Waals surface area contributed by atoms with E-state index in [9.17, 15) is 27.6 Å². The summed E-state index contributed by atoms with van der Waals surface area (Å²) in [6.45, 7) is 0.672. The molecule has 0 unspecified atom stereocenters. The Bertz CT molecular complexity index is 1450. The van der Waals surface area contributed by atoms with Gasteiger partial charge in [0.1, 0.15) is 12.6 Å². The van der Waals surface area contributed by atoms with Crippen LogP contribution in [0.2, 0.25) is 5.02 Å². The second kappa shape index (κ2) is 9.93. The van der Waals surface area contributed by atoms with Crippen molar-refractivity contribution in [2.24, 2.45) is 0 Å². The van der Waals surface area contributed by atoms with Crippen molar-refractivity contribution in [2.45, 2.75) is 50.9 Å². The fraction of sp³-hybridized carbons (Fsp3) is 0.458. The SMILES string of the molecule is Cc1cc(C2CCN(C(=O)N[C@@H]3Cc4cc(Cl)c5[nH]ncc5c4CN(CC(F)(F)F)C3=O)CC2)c(=O)[nH]n1. The number of benzene rings is 1. The number of nitrogens with one attached hydrogen (secondary N) is 3. The Hall–Kier alpha value is -3.61. The van der Waals surface area contributed by atoms with Gasteiger partial charge in [-0.15, -0.1) is 0 Å². The van der Waals surface area contributed by atoms with Gasteiger partial charge in [-0.05, 0) is 48.9 Å². The Morgan fingerprint density at radius 1 is 1.21 bits per heavy atom. The number of carbonyl (C=O) groups is 2. The molecule has 0 aliphatic carbocycles.